The van der Waals surface area contributed by atoms with Crippen LogP contribution in [0, 0.1) is 6.92 Å². The van der Waals surface area contributed by atoms with Gasteiger partial charge in [0.15, 0.2) is 0 Å². The average Bonchev–Trinajstić information content (AvgIpc) is 2.43. The standard InChI is InChI=1S/C16H19BrN2/c1-12-3-6-15(17)9-14(12)11-19(2)16-7-4-13(10-18)5-8-16/h3-9H,10-11,18H2,1-2H3. The maximum absolute atomic E-state index is 5.62. The van der Waals surface area contributed by atoms with E-state index in [0.29, 0.717) is 6.54 Å². The van der Waals surface area contributed by atoms with Crippen molar-refractivity contribution in [2.75, 3.05) is 11.9 Å². The van der Waals surface area contributed by atoms with Gasteiger partial charge in [0.05, 0.1) is 0 Å². The van der Waals surface area contributed by atoms with Crippen LogP contribution in [-0.4, -0.2) is 7.05 Å². The van der Waals surface area contributed by atoms with Crippen molar-refractivity contribution in [3.05, 3.63) is 63.6 Å². The molecule has 0 unspecified atom stereocenters. The number of nitrogens with zero attached hydrogens (tertiary/aromatic N) is 1. The van der Waals surface area contributed by atoms with E-state index in [4.69, 9.17) is 5.73 Å². The Balaban J connectivity index is 2.15. The van der Waals surface area contributed by atoms with E-state index in [0.717, 1.165) is 16.6 Å². The zero-order valence-electron chi connectivity index (χ0n) is 11.4. The molecule has 0 fully saturated rings. The van der Waals surface area contributed by atoms with Crippen molar-refractivity contribution in [3.63, 3.8) is 0 Å². The molecule has 0 heterocycles. The third kappa shape index (κ3) is 3.58. The molecule has 0 aliphatic rings. The lowest BCUT2D eigenvalue weighted by Crippen LogP contribution is -2.17. The van der Waals surface area contributed by atoms with Crippen molar-refractivity contribution in [2.45, 2.75) is 20.0 Å². The largest absolute Gasteiger partial charge is 0.370 e. The highest BCUT2D eigenvalue weighted by atomic mass is 79.9. The summed E-state index contributed by atoms with van der Waals surface area (Å²) in [6, 6.07) is 14.8. The van der Waals surface area contributed by atoms with E-state index in [2.05, 4.69) is 77.3 Å². The molecular weight excluding hydrogens is 300 g/mol. The fraction of sp³-hybridized carbons (Fsp3) is 0.250. The van der Waals surface area contributed by atoms with Crippen molar-refractivity contribution < 1.29 is 0 Å². The highest BCUT2D eigenvalue weighted by Gasteiger charge is 2.05. The molecule has 0 radical (unpaired) electrons. The fourth-order valence-electron chi connectivity index (χ4n) is 2.04. The van der Waals surface area contributed by atoms with Crippen molar-refractivity contribution in [1.29, 1.82) is 0 Å². The maximum atomic E-state index is 5.62. The van der Waals surface area contributed by atoms with E-state index in [1.807, 2.05) is 0 Å². The summed E-state index contributed by atoms with van der Waals surface area (Å²) in [5.41, 5.74) is 10.6. The summed E-state index contributed by atoms with van der Waals surface area (Å²) in [6.45, 7) is 3.63. The molecule has 3 heteroatoms. The second kappa shape index (κ2) is 6.22. The molecule has 19 heavy (non-hydrogen) atoms. The number of hydrogen-bond acceptors (Lipinski definition) is 2. The first-order chi connectivity index (χ1) is 9.10. The second-order valence-electron chi connectivity index (χ2n) is 4.80. The summed E-state index contributed by atoms with van der Waals surface area (Å²) in [5, 5.41) is 0. The van der Waals surface area contributed by atoms with Gasteiger partial charge in [-0.15, -0.1) is 0 Å². The Morgan fingerprint density at radius 3 is 2.42 bits per heavy atom. The lowest BCUT2D eigenvalue weighted by atomic mass is 10.1. The zero-order valence-corrected chi connectivity index (χ0v) is 12.9. The Bertz CT molecular complexity index is 549. The molecule has 2 nitrogen and oxygen atoms in total. The summed E-state index contributed by atoms with van der Waals surface area (Å²) in [5.74, 6) is 0. The van der Waals surface area contributed by atoms with Gasteiger partial charge in [-0.25, -0.2) is 0 Å². The number of benzene rings is 2. The first kappa shape index (κ1) is 14.1. The first-order valence-electron chi connectivity index (χ1n) is 6.35. The Kier molecular flexibility index (Phi) is 4.61. The summed E-state index contributed by atoms with van der Waals surface area (Å²) in [4.78, 5) is 2.25. The fourth-order valence-corrected chi connectivity index (χ4v) is 2.45. The van der Waals surface area contributed by atoms with Gasteiger partial charge in [-0.05, 0) is 47.9 Å². The molecule has 0 amide bonds. The van der Waals surface area contributed by atoms with Gasteiger partial charge < -0.3 is 10.6 Å². The third-order valence-corrected chi connectivity index (χ3v) is 3.82. The molecule has 0 spiro atoms. The molecular formula is C16H19BrN2. The van der Waals surface area contributed by atoms with Crippen molar-refractivity contribution >= 4 is 21.6 Å². The predicted molar refractivity (Wildman–Crippen MR) is 85.3 cm³/mol. The van der Waals surface area contributed by atoms with Crippen LogP contribution in [0.5, 0.6) is 0 Å². The van der Waals surface area contributed by atoms with Crippen LogP contribution in [0.4, 0.5) is 5.69 Å². The normalized spacial score (nSPS) is 10.5. The molecule has 0 aliphatic heterocycles. The zero-order chi connectivity index (χ0) is 13.8. The van der Waals surface area contributed by atoms with E-state index >= 15 is 0 Å². The van der Waals surface area contributed by atoms with E-state index in [1.54, 1.807) is 0 Å². The van der Waals surface area contributed by atoms with Crippen molar-refractivity contribution in [3.8, 4) is 0 Å². The van der Waals surface area contributed by atoms with Crippen LogP contribution in [0.15, 0.2) is 46.9 Å². The summed E-state index contributed by atoms with van der Waals surface area (Å²) >= 11 is 3.53. The Labute approximate surface area is 123 Å². The molecule has 100 valence electrons. The van der Waals surface area contributed by atoms with Gasteiger partial charge in [-0.2, -0.15) is 0 Å². The van der Waals surface area contributed by atoms with Crippen LogP contribution >= 0.6 is 15.9 Å². The van der Waals surface area contributed by atoms with Crippen LogP contribution in [0.2, 0.25) is 0 Å². The summed E-state index contributed by atoms with van der Waals surface area (Å²) < 4.78 is 1.12. The monoisotopic (exact) mass is 318 g/mol. The van der Waals surface area contributed by atoms with Gasteiger partial charge in [-0.3, -0.25) is 0 Å². The van der Waals surface area contributed by atoms with E-state index in [-0.39, 0.29) is 0 Å². The number of rotatable bonds is 4. The Morgan fingerprint density at radius 2 is 1.79 bits per heavy atom. The van der Waals surface area contributed by atoms with Crippen LogP contribution in [-0.2, 0) is 13.1 Å². The Morgan fingerprint density at radius 1 is 1.11 bits per heavy atom. The average molecular weight is 319 g/mol. The van der Waals surface area contributed by atoms with Crippen LogP contribution < -0.4 is 10.6 Å². The van der Waals surface area contributed by atoms with Gasteiger partial charge in [0.25, 0.3) is 0 Å². The van der Waals surface area contributed by atoms with Crippen molar-refractivity contribution in [2.24, 2.45) is 5.73 Å². The molecule has 2 aromatic rings. The van der Waals surface area contributed by atoms with Crippen LogP contribution in [0.1, 0.15) is 16.7 Å². The minimum absolute atomic E-state index is 0.592. The van der Waals surface area contributed by atoms with Gasteiger partial charge in [0.1, 0.15) is 0 Å². The lowest BCUT2D eigenvalue weighted by molar-refractivity contribution is 0.912. The van der Waals surface area contributed by atoms with Gasteiger partial charge in [-0.1, -0.05) is 34.1 Å². The molecule has 0 bridgehead atoms. The number of aryl methyl sites for hydroxylation is 1. The Hall–Kier alpha value is -1.32. The topological polar surface area (TPSA) is 29.3 Å². The number of nitrogens with two attached hydrogens (primary N) is 1. The minimum atomic E-state index is 0.592. The lowest BCUT2D eigenvalue weighted by Gasteiger charge is -2.21. The molecule has 0 atom stereocenters. The molecule has 2 rings (SSSR count). The van der Waals surface area contributed by atoms with E-state index < -0.39 is 0 Å². The highest BCUT2D eigenvalue weighted by molar-refractivity contribution is 9.10. The molecule has 0 aromatic heterocycles. The highest BCUT2D eigenvalue weighted by Crippen LogP contribution is 2.21. The molecule has 2 aromatic carbocycles. The van der Waals surface area contributed by atoms with Gasteiger partial charge in [0, 0.05) is 30.3 Å². The quantitative estimate of drug-likeness (QED) is 0.927. The number of halogens is 1. The number of hydrogen-bond donors (Lipinski definition) is 1. The molecule has 0 saturated carbocycles. The van der Waals surface area contributed by atoms with Gasteiger partial charge in [0.2, 0.25) is 0 Å². The van der Waals surface area contributed by atoms with Crippen molar-refractivity contribution in [1.82, 2.24) is 0 Å². The second-order valence-corrected chi connectivity index (χ2v) is 5.71. The van der Waals surface area contributed by atoms with E-state index in [1.165, 1.54) is 16.8 Å². The third-order valence-electron chi connectivity index (χ3n) is 3.33. The SMILES string of the molecule is Cc1ccc(Br)cc1CN(C)c1ccc(CN)cc1. The number of anilines is 1. The van der Waals surface area contributed by atoms with E-state index in [9.17, 15) is 0 Å². The first-order valence-corrected chi connectivity index (χ1v) is 7.14. The molecule has 2 N–H and O–H groups in total. The van der Waals surface area contributed by atoms with Crippen LogP contribution in [0.25, 0.3) is 0 Å². The summed E-state index contributed by atoms with van der Waals surface area (Å²) in [6.07, 6.45) is 0. The van der Waals surface area contributed by atoms with Crippen LogP contribution in [0.3, 0.4) is 0 Å². The predicted octanol–water partition coefficient (Wildman–Crippen LogP) is 3.85. The summed E-state index contributed by atoms with van der Waals surface area (Å²) in [7, 11) is 2.11. The smallest absolute Gasteiger partial charge is 0.0429 e. The molecule has 0 aliphatic carbocycles. The van der Waals surface area contributed by atoms with Gasteiger partial charge >= 0.3 is 0 Å². The maximum Gasteiger partial charge on any atom is 0.0429 e. The minimum Gasteiger partial charge on any atom is -0.370 e. The molecule has 0 saturated heterocycles.